The molecule has 144 valence electrons. The van der Waals surface area contributed by atoms with Gasteiger partial charge in [-0.3, -0.25) is 4.90 Å². The van der Waals surface area contributed by atoms with Crippen LogP contribution in [0.4, 0.5) is 5.69 Å². The van der Waals surface area contributed by atoms with Gasteiger partial charge in [-0.2, -0.15) is 0 Å². The van der Waals surface area contributed by atoms with Crippen LogP contribution >= 0.6 is 0 Å². The fourth-order valence-electron chi connectivity index (χ4n) is 4.70. The summed E-state index contributed by atoms with van der Waals surface area (Å²) < 4.78 is 5.74. The van der Waals surface area contributed by atoms with Crippen molar-refractivity contribution < 1.29 is 4.74 Å². The van der Waals surface area contributed by atoms with Gasteiger partial charge in [0.25, 0.3) is 0 Å². The molecular formula is C23H31N3O. The molecule has 0 unspecified atom stereocenters. The quantitative estimate of drug-likeness (QED) is 0.872. The summed E-state index contributed by atoms with van der Waals surface area (Å²) in [6.45, 7) is 11.0. The van der Waals surface area contributed by atoms with Gasteiger partial charge in [0.1, 0.15) is 5.82 Å². The van der Waals surface area contributed by atoms with Gasteiger partial charge in [0.05, 0.1) is 12.3 Å². The minimum Gasteiger partial charge on any atom is -0.380 e. The fraction of sp³-hybridized carbons (Fsp3) is 0.478. The van der Waals surface area contributed by atoms with Crippen LogP contribution in [-0.2, 0) is 4.74 Å². The molecule has 1 saturated carbocycles. The van der Waals surface area contributed by atoms with E-state index in [-0.39, 0.29) is 0 Å². The fourth-order valence-corrected chi connectivity index (χ4v) is 4.70. The molecule has 27 heavy (non-hydrogen) atoms. The highest BCUT2D eigenvalue weighted by Gasteiger charge is 2.36. The molecular weight excluding hydrogens is 334 g/mol. The summed E-state index contributed by atoms with van der Waals surface area (Å²) in [5.41, 5.74) is 14.0. The number of anilines is 1. The van der Waals surface area contributed by atoms with E-state index in [9.17, 15) is 0 Å². The number of nitrogens with zero attached hydrogens (tertiary/aromatic N) is 2. The van der Waals surface area contributed by atoms with Gasteiger partial charge >= 0.3 is 0 Å². The number of para-hydroxylation sites is 1. The van der Waals surface area contributed by atoms with Crippen LogP contribution in [0.3, 0.4) is 0 Å². The van der Waals surface area contributed by atoms with Crippen LogP contribution in [0.15, 0.2) is 59.1 Å². The first kappa shape index (κ1) is 18.3. The molecule has 0 amide bonds. The van der Waals surface area contributed by atoms with E-state index >= 15 is 0 Å². The second kappa shape index (κ2) is 7.91. The molecule has 1 aliphatic carbocycles. The molecule has 4 heteroatoms. The highest BCUT2D eigenvalue weighted by Crippen LogP contribution is 2.47. The van der Waals surface area contributed by atoms with Gasteiger partial charge in [0.2, 0.25) is 0 Å². The van der Waals surface area contributed by atoms with E-state index in [4.69, 9.17) is 10.5 Å². The molecule has 2 N–H and O–H groups in total. The van der Waals surface area contributed by atoms with E-state index in [1.165, 1.54) is 40.2 Å². The monoisotopic (exact) mass is 365 g/mol. The standard InChI is InChI=1S/C23H31N3O/c1-17-7-3-4-10-22(17)26-18(2)19(11-12-24)20-8-5-9-21(20)23(26)25-13-6-15-27-16-14-25/h3-4,7,10H,2,5-6,8-9,11-16,24H2,1H3. The van der Waals surface area contributed by atoms with Crippen LogP contribution in [0.25, 0.3) is 0 Å². The molecule has 2 fully saturated rings. The van der Waals surface area contributed by atoms with E-state index in [0.29, 0.717) is 6.54 Å². The maximum Gasteiger partial charge on any atom is 0.117 e. The lowest BCUT2D eigenvalue weighted by atomic mass is 9.92. The third-order valence-corrected chi connectivity index (χ3v) is 5.95. The van der Waals surface area contributed by atoms with E-state index in [1.54, 1.807) is 0 Å². The Morgan fingerprint density at radius 3 is 2.70 bits per heavy atom. The van der Waals surface area contributed by atoms with Crippen LogP contribution in [0, 0.1) is 6.92 Å². The molecule has 0 bridgehead atoms. The number of fused-ring (bicyclic) bond motifs is 1. The van der Waals surface area contributed by atoms with Crippen molar-refractivity contribution in [2.45, 2.75) is 39.0 Å². The second-order valence-corrected chi connectivity index (χ2v) is 7.67. The van der Waals surface area contributed by atoms with Gasteiger partial charge in [0.15, 0.2) is 0 Å². The van der Waals surface area contributed by atoms with Crippen molar-refractivity contribution in [3.05, 3.63) is 64.6 Å². The summed E-state index contributed by atoms with van der Waals surface area (Å²) in [7, 11) is 0. The molecule has 4 nitrogen and oxygen atoms in total. The first-order valence-corrected chi connectivity index (χ1v) is 10.3. The Morgan fingerprint density at radius 1 is 1.07 bits per heavy atom. The number of nitrogens with two attached hydrogens (primary N) is 1. The smallest absolute Gasteiger partial charge is 0.117 e. The number of aryl methyl sites for hydroxylation is 1. The summed E-state index contributed by atoms with van der Waals surface area (Å²) in [5.74, 6) is 1.34. The first-order valence-electron chi connectivity index (χ1n) is 10.3. The summed E-state index contributed by atoms with van der Waals surface area (Å²) in [5, 5.41) is 0. The van der Waals surface area contributed by atoms with E-state index in [2.05, 4.69) is 47.6 Å². The van der Waals surface area contributed by atoms with Crippen molar-refractivity contribution in [2.24, 2.45) is 5.73 Å². The highest BCUT2D eigenvalue weighted by atomic mass is 16.5. The Morgan fingerprint density at radius 2 is 1.89 bits per heavy atom. The average molecular weight is 366 g/mol. The minimum absolute atomic E-state index is 0.666. The Kier molecular flexibility index (Phi) is 5.37. The lowest BCUT2D eigenvalue weighted by Gasteiger charge is -2.42. The molecule has 0 atom stereocenters. The number of rotatable bonds is 4. The molecule has 0 spiro atoms. The number of benzene rings is 1. The van der Waals surface area contributed by atoms with Gasteiger partial charge in [-0.15, -0.1) is 0 Å². The van der Waals surface area contributed by atoms with Crippen LogP contribution in [0.2, 0.25) is 0 Å². The van der Waals surface area contributed by atoms with Gasteiger partial charge in [-0.05, 0) is 73.9 Å². The largest absolute Gasteiger partial charge is 0.380 e. The Hall–Kier alpha value is -2.04. The molecule has 0 radical (unpaired) electrons. The first-order chi connectivity index (χ1) is 13.2. The van der Waals surface area contributed by atoms with Crippen LogP contribution in [0.5, 0.6) is 0 Å². The average Bonchev–Trinajstić information content (AvgIpc) is 2.99. The van der Waals surface area contributed by atoms with Crippen molar-refractivity contribution in [3.63, 3.8) is 0 Å². The SMILES string of the molecule is C=C1C(CCN)=C2CCCC2=C(N2CCCOCC2)N1c1ccccc1C. The van der Waals surface area contributed by atoms with Crippen molar-refractivity contribution >= 4 is 5.69 Å². The molecule has 3 aliphatic rings. The Labute approximate surface area is 163 Å². The van der Waals surface area contributed by atoms with Crippen molar-refractivity contribution in [3.8, 4) is 0 Å². The van der Waals surface area contributed by atoms with Gasteiger partial charge in [0, 0.05) is 25.4 Å². The summed E-state index contributed by atoms with van der Waals surface area (Å²) in [6.07, 6.45) is 5.49. The van der Waals surface area contributed by atoms with Gasteiger partial charge in [-0.25, -0.2) is 0 Å². The Bertz CT molecular complexity index is 785. The van der Waals surface area contributed by atoms with Crippen molar-refractivity contribution in [1.82, 2.24) is 4.90 Å². The molecule has 2 heterocycles. The van der Waals surface area contributed by atoms with Crippen LogP contribution in [-0.4, -0.2) is 37.7 Å². The zero-order valence-electron chi connectivity index (χ0n) is 16.5. The van der Waals surface area contributed by atoms with Crippen LogP contribution < -0.4 is 10.6 Å². The normalized spacial score (nSPS) is 21.0. The van der Waals surface area contributed by atoms with Crippen LogP contribution in [0.1, 0.15) is 37.7 Å². The highest BCUT2D eigenvalue weighted by molar-refractivity contribution is 5.71. The van der Waals surface area contributed by atoms with Crippen molar-refractivity contribution in [2.75, 3.05) is 37.7 Å². The Balaban J connectivity index is 1.88. The predicted molar refractivity (Wildman–Crippen MR) is 111 cm³/mol. The molecule has 1 aromatic carbocycles. The van der Waals surface area contributed by atoms with Crippen molar-refractivity contribution in [1.29, 1.82) is 0 Å². The number of ether oxygens (including phenoxy) is 1. The maximum atomic E-state index is 5.98. The third-order valence-electron chi connectivity index (χ3n) is 5.95. The summed E-state index contributed by atoms with van der Waals surface area (Å²) >= 11 is 0. The predicted octanol–water partition coefficient (Wildman–Crippen LogP) is 4.09. The van der Waals surface area contributed by atoms with E-state index in [1.807, 2.05) is 0 Å². The molecule has 1 saturated heterocycles. The molecule has 2 aliphatic heterocycles. The summed E-state index contributed by atoms with van der Waals surface area (Å²) in [4.78, 5) is 4.94. The lowest BCUT2D eigenvalue weighted by molar-refractivity contribution is 0.145. The third kappa shape index (κ3) is 3.32. The zero-order chi connectivity index (χ0) is 18.8. The summed E-state index contributed by atoms with van der Waals surface area (Å²) in [6, 6.07) is 8.64. The maximum absolute atomic E-state index is 5.98. The minimum atomic E-state index is 0.666. The number of allylic oxidation sites excluding steroid dienone is 3. The topological polar surface area (TPSA) is 41.7 Å². The van der Waals surface area contributed by atoms with Gasteiger partial charge in [-0.1, -0.05) is 24.8 Å². The zero-order valence-corrected chi connectivity index (χ0v) is 16.5. The van der Waals surface area contributed by atoms with E-state index in [0.717, 1.165) is 57.7 Å². The molecule has 1 aromatic rings. The molecule has 4 rings (SSSR count). The van der Waals surface area contributed by atoms with E-state index < -0.39 is 0 Å². The number of hydrogen-bond donors (Lipinski definition) is 1. The molecule has 0 aromatic heterocycles. The lowest BCUT2D eigenvalue weighted by Crippen LogP contribution is -2.40. The second-order valence-electron chi connectivity index (χ2n) is 7.67. The number of hydrogen-bond acceptors (Lipinski definition) is 4. The van der Waals surface area contributed by atoms with Gasteiger partial charge < -0.3 is 15.4 Å².